The van der Waals surface area contributed by atoms with Crippen LogP contribution in [0.25, 0.3) is 0 Å². The molecule has 1 amide bonds. The fourth-order valence-corrected chi connectivity index (χ4v) is 3.48. The predicted octanol–water partition coefficient (Wildman–Crippen LogP) is 3.83. The van der Waals surface area contributed by atoms with Crippen LogP contribution in [0.4, 0.5) is 5.69 Å². The lowest BCUT2D eigenvalue weighted by molar-refractivity contribution is -0.118. The van der Waals surface area contributed by atoms with Gasteiger partial charge in [-0.1, -0.05) is 42.5 Å². The zero-order valence-corrected chi connectivity index (χ0v) is 14.4. The van der Waals surface area contributed by atoms with E-state index in [0.717, 1.165) is 17.7 Å². The van der Waals surface area contributed by atoms with E-state index in [9.17, 15) is 4.79 Å². The van der Waals surface area contributed by atoms with E-state index in [1.165, 1.54) is 11.1 Å². The summed E-state index contributed by atoms with van der Waals surface area (Å²) in [5, 5.41) is 0.154. The average Bonchev–Trinajstić information content (AvgIpc) is 2.86. The van der Waals surface area contributed by atoms with Crippen molar-refractivity contribution in [3.05, 3.63) is 88.5 Å². The van der Waals surface area contributed by atoms with Gasteiger partial charge in [0.25, 0.3) is 0 Å². The van der Waals surface area contributed by atoms with Gasteiger partial charge >= 0.3 is 0 Å². The number of benzene rings is 2. The molecular weight excluding hydrogens is 334 g/mol. The molecule has 0 spiro atoms. The Kier molecular flexibility index (Phi) is 3.98. The van der Waals surface area contributed by atoms with E-state index in [1.54, 1.807) is 24.2 Å². The Bertz CT molecular complexity index is 943. The second-order valence-corrected chi connectivity index (χ2v) is 6.47. The van der Waals surface area contributed by atoms with Crippen LogP contribution in [0.3, 0.4) is 0 Å². The quantitative estimate of drug-likeness (QED) is 0.675. The van der Waals surface area contributed by atoms with Gasteiger partial charge in [0.1, 0.15) is 5.92 Å². The zero-order valence-electron chi connectivity index (χ0n) is 13.7. The first-order chi connectivity index (χ1) is 12.1. The Balaban J connectivity index is 1.75. The zero-order chi connectivity index (χ0) is 17.4. The third kappa shape index (κ3) is 2.89. The minimum Gasteiger partial charge on any atom is -0.314 e. The minimum atomic E-state index is -0.434. The van der Waals surface area contributed by atoms with Gasteiger partial charge in [-0.05, 0) is 46.8 Å². The van der Waals surface area contributed by atoms with Crippen LogP contribution in [0.5, 0.6) is 0 Å². The van der Waals surface area contributed by atoms with Crippen molar-refractivity contribution >= 4 is 23.2 Å². The molecule has 124 valence electrons. The molecule has 0 saturated heterocycles. The maximum Gasteiger partial charge on any atom is 0.240 e. The van der Waals surface area contributed by atoms with Crippen LogP contribution in [0.1, 0.15) is 28.3 Å². The standard InChI is InChI=1S/C20H16ClN3O/c1-24-17-8-7-14(11-13-5-3-2-4-6-13)12-15(17)18(19(24)25)16-9-10-22-20(21)23-16/h2-10,12,18H,11H2,1H3. The normalized spacial score (nSPS) is 16.2. The lowest BCUT2D eigenvalue weighted by Gasteiger charge is -2.10. The molecule has 1 atom stereocenters. The lowest BCUT2D eigenvalue weighted by atomic mass is 9.94. The molecule has 0 N–H and O–H groups in total. The fraction of sp³-hybridized carbons (Fsp3) is 0.150. The molecule has 1 aliphatic rings. The van der Waals surface area contributed by atoms with Crippen LogP contribution in [-0.2, 0) is 11.2 Å². The number of halogens is 1. The molecular formula is C20H16ClN3O. The molecule has 2 heterocycles. The molecule has 5 heteroatoms. The van der Waals surface area contributed by atoms with Crippen LogP contribution >= 0.6 is 11.6 Å². The second-order valence-electron chi connectivity index (χ2n) is 6.14. The maximum absolute atomic E-state index is 12.8. The van der Waals surface area contributed by atoms with Gasteiger partial charge in [0.2, 0.25) is 11.2 Å². The SMILES string of the molecule is CN1C(=O)C(c2ccnc(Cl)n2)c2cc(Cc3ccccc3)ccc21. The first-order valence-electron chi connectivity index (χ1n) is 8.06. The molecule has 3 aromatic rings. The summed E-state index contributed by atoms with van der Waals surface area (Å²) < 4.78 is 0. The molecule has 25 heavy (non-hydrogen) atoms. The number of amides is 1. The Morgan fingerprint density at radius 1 is 1.08 bits per heavy atom. The summed E-state index contributed by atoms with van der Waals surface area (Å²) in [5.74, 6) is -0.433. The van der Waals surface area contributed by atoms with Crippen molar-refractivity contribution in [1.82, 2.24) is 9.97 Å². The van der Waals surface area contributed by atoms with Crippen LogP contribution < -0.4 is 4.90 Å². The summed E-state index contributed by atoms with van der Waals surface area (Å²) in [7, 11) is 1.79. The van der Waals surface area contributed by atoms with Gasteiger partial charge in [0.15, 0.2) is 0 Å². The number of carbonyl (C=O) groups excluding carboxylic acids is 1. The van der Waals surface area contributed by atoms with Crippen molar-refractivity contribution in [2.45, 2.75) is 12.3 Å². The molecule has 0 aliphatic carbocycles. The maximum atomic E-state index is 12.8. The molecule has 4 nitrogen and oxygen atoms in total. The molecule has 0 bridgehead atoms. The van der Waals surface area contributed by atoms with Crippen LogP contribution in [-0.4, -0.2) is 22.9 Å². The van der Waals surface area contributed by atoms with Gasteiger partial charge < -0.3 is 4.90 Å². The van der Waals surface area contributed by atoms with E-state index in [2.05, 4.69) is 34.2 Å². The van der Waals surface area contributed by atoms with Crippen LogP contribution in [0.15, 0.2) is 60.8 Å². The number of likely N-dealkylation sites (N-methyl/N-ethyl adjacent to an activating group) is 1. The Morgan fingerprint density at radius 2 is 1.88 bits per heavy atom. The van der Waals surface area contributed by atoms with Crippen molar-refractivity contribution in [2.24, 2.45) is 0 Å². The van der Waals surface area contributed by atoms with Crippen LogP contribution in [0.2, 0.25) is 5.28 Å². The highest BCUT2D eigenvalue weighted by atomic mass is 35.5. The first kappa shape index (κ1) is 15.8. The van der Waals surface area contributed by atoms with E-state index < -0.39 is 5.92 Å². The molecule has 1 aliphatic heterocycles. The monoisotopic (exact) mass is 349 g/mol. The van der Waals surface area contributed by atoms with Crippen molar-refractivity contribution in [3.8, 4) is 0 Å². The summed E-state index contributed by atoms with van der Waals surface area (Å²) in [6.45, 7) is 0. The summed E-state index contributed by atoms with van der Waals surface area (Å²) >= 11 is 5.93. The third-order valence-electron chi connectivity index (χ3n) is 4.54. The van der Waals surface area contributed by atoms with E-state index in [-0.39, 0.29) is 11.2 Å². The third-order valence-corrected chi connectivity index (χ3v) is 4.72. The summed E-state index contributed by atoms with van der Waals surface area (Å²) in [4.78, 5) is 22.6. The summed E-state index contributed by atoms with van der Waals surface area (Å²) in [6.07, 6.45) is 2.41. The number of aromatic nitrogens is 2. The Labute approximate surface area is 151 Å². The predicted molar refractivity (Wildman–Crippen MR) is 98.0 cm³/mol. The van der Waals surface area contributed by atoms with E-state index in [4.69, 9.17) is 11.6 Å². The molecule has 4 rings (SSSR count). The van der Waals surface area contributed by atoms with Crippen molar-refractivity contribution < 1.29 is 4.79 Å². The van der Waals surface area contributed by atoms with E-state index in [0.29, 0.717) is 5.69 Å². The number of carbonyl (C=O) groups is 1. The molecule has 0 radical (unpaired) electrons. The summed E-state index contributed by atoms with van der Waals surface area (Å²) in [6, 6.07) is 18.2. The van der Waals surface area contributed by atoms with Gasteiger partial charge in [-0.2, -0.15) is 0 Å². The number of nitrogens with zero attached hydrogens (tertiary/aromatic N) is 3. The van der Waals surface area contributed by atoms with Crippen molar-refractivity contribution in [3.63, 3.8) is 0 Å². The number of anilines is 1. The second kappa shape index (κ2) is 6.30. The molecule has 2 aromatic carbocycles. The molecule has 1 unspecified atom stereocenters. The van der Waals surface area contributed by atoms with Gasteiger partial charge in [0.05, 0.1) is 5.69 Å². The van der Waals surface area contributed by atoms with E-state index in [1.807, 2.05) is 24.3 Å². The van der Waals surface area contributed by atoms with Gasteiger partial charge in [-0.3, -0.25) is 4.79 Å². The fourth-order valence-electron chi connectivity index (χ4n) is 3.32. The van der Waals surface area contributed by atoms with Crippen molar-refractivity contribution in [2.75, 3.05) is 11.9 Å². The van der Waals surface area contributed by atoms with Crippen LogP contribution in [0, 0.1) is 0 Å². The average molecular weight is 350 g/mol. The highest BCUT2D eigenvalue weighted by Crippen LogP contribution is 2.40. The highest BCUT2D eigenvalue weighted by molar-refractivity contribution is 6.28. The minimum absolute atomic E-state index is 0.00151. The number of rotatable bonds is 3. The van der Waals surface area contributed by atoms with Gasteiger partial charge in [-0.15, -0.1) is 0 Å². The smallest absolute Gasteiger partial charge is 0.240 e. The lowest BCUT2D eigenvalue weighted by Crippen LogP contribution is -2.24. The molecule has 1 aromatic heterocycles. The molecule has 0 saturated carbocycles. The summed E-state index contributed by atoms with van der Waals surface area (Å²) in [5.41, 5.74) is 4.92. The van der Waals surface area contributed by atoms with E-state index >= 15 is 0 Å². The van der Waals surface area contributed by atoms with Crippen molar-refractivity contribution in [1.29, 1.82) is 0 Å². The first-order valence-corrected chi connectivity index (χ1v) is 8.44. The van der Waals surface area contributed by atoms with Gasteiger partial charge in [-0.25, -0.2) is 9.97 Å². The number of hydrogen-bond acceptors (Lipinski definition) is 3. The Morgan fingerprint density at radius 3 is 2.64 bits per heavy atom. The molecule has 0 fully saturated rings. The highest BCUT2D eigenvalue weighted by Gasteiger charge is 2.37. The number of fused-ring (bicyclic) bond motifs is 1. The number of hydrogen-bond donors (Lipinski definition) is 0. The topological polar surface area (TPSA) is 46.1 Å². The largest absolute Gasteiger partial charge is 0.314 e. The van der Waals surface area contributed by atoms with Gasteiger partial charge in [0, 0.05) is 18.9 Å². The Hall–Kier alpha value is -2.72.